The number of amides is 1. The quantitative estimate of drug-likeness (QED) is 0.850. The van der Waals surface area contributed by atoms with Gasteiger partial charge in [0.05, 0.1) is 12.5 Å². The van der Waals surface area contributed by atoms with Crippen LogP contribution in [0.1, 0.15) is 12.0 Å². The van der Waals surface area contributed by atoms with E-state index in [4.69, 9.17) is 16.3 Å². The number of ether oxygens (including phenoxy) is 1. The number of hydrogen-bond acceptors (Lipinski definition) is 4. The molecule has 2 aromatic carbocycles. The van der Waals surface area contributed by atoms with Crippen LogP contribution >= 0.6 is 11.6 Å². The van der Waals surface area contributed by atoms with Crippen LogP contribution in [0.2, 0.25) is 5.02 Å². The van der Waals surface area contributed by atoms with Gasteiger partial charge in [-0.3, -0.25) is 4.79 Å². The second-order valence-corrected chi connectivity index (χ2v) is 7.23. The zero-order valence-corrected chi connectivity index (χ0v) is 15.1. The Morgan fingerprint density at radius 2 is 2.15 bits per heavy atom. The molecule has 2 heterocycles. The van der Waals surface area contributed by atoms with E-state index in [1.54, 1.807) is 6.07 Å². The molecule has 2 aliphatic rings. The van der Waals surface area contributed by atoms with Crippen LogP contribution in [-0.4, -0.2) is 42.2 Å². The average Bonchev–Trinajstić information content (AvgIpc) is 3.08. The van der Waals surface area contributed by atoms with Gasteiger partial charge in [0.15, 0.2) is 11.5 Å². The predicted molar refractivity (Wildman–Crippen MR) is 100 cm³/mol. The molecule has 136 valence electrons. The standard InChI is InChI=1S/C20H21ClN2O3/c21-17-3-1-2-13(9-17)15-8-16-12-23(20(25)14-4-5-22-11-14)6-7-26-19(16)18(24)10-15/h1-3,8-10,14,22,24H,4-7,11-12H2. The fourth-order valence-corrected chi connectivity index (χ4v) is 3.84. The van der Waals surface area contributed by atoms with Crippen molar-refractivity contribution in [1.82, 2.24) is 10.2 Å². The number of aromatic hydroxyl groups is 1. The Morgan fingerprint density at radius 1 is 1.27 bits per heavy atom. The summed E-state index contributed by atoms with van der Waals surface area (Å²) in [4.78, 5) is 14.6. The number of halogens is 1. The highest BCUT2D eigenvalue weighted by atomic mass is 35.5. The summed E-state index contributed by atoms with van der Waals surface area (Å²) in [7, 11) is 0. The highest BCUT2D eigenvalue weighted by Crippen LogP contribution is 2.38. The van der Waals surface area contributed by atoms with Crippen LogP contribution in [0.5, 0.6) is 11.5 Å². The Hall–Kier alpha value is -2.24. The fourth-order valence-electron chi connectivity index (χ4n) is 3.65. The van der Waals surface area contributed by atoms with Crippen molar-refractivity contribution in [3.8, 4) is 22.6 Å². The Labute approximate surface area is 157 Å². The Morgan fingerprint density at radius 3 is 2.92 bits per heavy atom. The van der Waals surface area contributed by atoms with Crippen LogP contribution in [0.3, 0.4) is 0 Å². The minimum Gasteiger partial charge on any atom is -0.504 e. The van der Waals surface area contributed by atoms with Gasteiger partial charge < -0.3 is 20.1 Å². The Balaban J connectivity index is 1.66. The number of phenolic OH excluding ortho intramolecular Hbond substituents is 1. The molecule has 0 aromatic heterocycles. The molecule has 0 spiro atoms. The predicted octanol–water partition coefficient (Wildman–Crippen LogP) is 3.04. The Kier molecular flexibility index (Phi) is 4.74. The van der Waals surface area contributed by atoms with E-state index in [0.29, 0.717) is 30.5 Å². The first-order valence-electron chi connectivity index (χ1n) is 8.86. The summed E-state index contributed by atoms with van der Waals surface area (Å²) in [5.41, 5.74) is 2.58. The molecule has 0 bridgehead atoms. The molecule has 5 nitrogen and oxygen atoms in total. The molecule has 2 aromatic rings. The summed E-state index contributed by atoms with van der Waals surface area (Å²) in [6.45, 7) is 2.96. The van der Waals surface area contributed by atoms with Crippen molar-refractivity contribution in [2.75, 3.05) is 26.2 Å². The molecule has 0 saturated carbocycles. The number of nitrogens with one attached hydrogen (secondary N) is 1. The summed E-state index contributed by atoms with van der Waals surface area (Å²) in [5.74, 6) is 0.741. The lowest BCUT2D eigenvalue weighted by Crippen LogP contribution is -2.37. The highest BCUT2D eigenvalue weighted by Gasteiger charge is 2.29. The van der Waals surface area contributed by atoms with Crippen LogP contribution in [0, 0.1) is 5.92 Å². The molecule has 1 atom stereocenters. The van der Waals surface area contributed by atoms with Gasteiger partial charge in [-0.25, -0.2) is 0 Å². The van der Waals surface area contributed by atoms with E-state index >= 15 is 0 Å². The van der Waals surface area contributed by atoms with Crippen LogP contribution in [-0.2, 0) is 11.3 Å². The first-order valence-corrected chi connectivity index (χ1v) is 9.24. The monoisotopic (exact) mass is 372 g/mol. The smallest absolute Gasteiger partial charge is 0.227 e. The molecule has 1 saturated heterocycles. The van der Waals surface area contributed by atoms with Crippen molar-refractivity contribution in [2.45, 2.75) is 13.0 Å². The Bertz CT molecular complexity index is 834. The lowest BCUT2D eigenvalue weighted by atomic mass is 10.0. The van der Waals surface area contributed by atoms with Gasteiger partial charge in [-0.15, -0.1) is 0 Å². The van der Waals surface area contributed by atoms with E-state index in [-0.39, 0.29) is 17.6 Å². The molecular weight excluding hydrogens is 352 g/mol. The highest BCUT2D eigenvalue weighted by molar-refractivity contribution is 6.30. The van der Waals surface area contributed by atoms with Crippen LogP contribution in [0.15, 0.2) is 36.4 Å². The second-order valence-electron chi connectivity index (χ2n) is 6.79. The fraction of sp³-hybridized carbons (Fsp3) is 0.350. The molecule has 0 radical (unpaired) electrons. The molecule has 6 heteroatoms. The lowest BCUT2D eigenvalue weighted by molar-refractivity contribution is -0.135. The molecule has 2 N–H and O–H groups in total. The van der Waals surface area contributed by atoms with E-state index in [0.717, 1.165) is 36.2 Å². The summed E-state index contributed by atoms with van der Waals surface area (Å²) < 4.78 is 5.75. The van der Waals surface area contributed by atoms with Gasteiger partial charge in [0, 0.05) is 23.7 Å². The van der Waals surface area contributed by atoms with Crippen LogP contribution in [0.25, 0.3) is 11.1 Å². The maximum absolute atomic E-state index is 12.8. The van der Waals surface area contributed by atoms with Crippen molar-refractivity contribution < 1.29 is 14.6 Å². The molecule has 1 unspecified atom stereocenters. The van der Waals surface area contributed by atoms with Crippen molar-refractivity contribution >= 4 is 17.5 Å². The van der Waals surface area contributed by atoms with Crippen LogP contribution in [0.4, 0.5) is 0 Å². The number of hydrogen-bond donors (Lipinski definition) is 2. The molecule has 1 fully saturated rings. The molecule has 2 aliphatic heterocycles. The molecule has 0 aliphatic carbocycles. The van der Waals surface area contributed by atoms with Gasteiger partial charge >= 0.3 is 0 Å². The van der Waals surface area contributed by atoms with Gasteiger partial charge in [-0.1, -0.05) is 23.7 Å². The molecular formula is C20H21ClN2O3. The van der Waals surface area contributed by atoms with Crippen LogP contribution < -0.4 is 10.1 Å². The zero-order chi connectivity index (χ0) is 18.1. The number of carbonyl (C=O) groups excluding carboxylic acids is 1. The second kappa shape index (κ2) is 7.17. The van der Waals surface area contributed by atoms with Gasteiger partial charge in [0.25, 0.3) is 0 Å². The number of carbonyl (C=O) groups is 1. The third-order valence-electron chi connectivity index (χ3n) is 4.99. The van der Waals surface area contributed by atoms with E-state index in [1.165, 1.54) is 0 Å². The summed E-state index contributed by atoms with van der Waals surface area (Å²) in [6.07, 6.45) is 0.872. The SMILES string of the molecule is O=C(C1CCNC1)N1CCOc2c(O)cc(-c3cccc(Cl)c3)cc2C1. The molecule has 4 rings (SSSR count). The molecule has 1 amide bonds. The van der Waals surface area contributed by atoms with Crippen molar-refractivity contribution in [1.29, 1.82) is 0 Å². The maximum Gasteiger partial charge on any atom is 0.227 e. The minimum atomic E-state index is 0.0289. The normalized spacial score (nSPS) is 19.6. The third-order valence-corrected chi connectivity index (χ3v) is 5.23. The van der Waals surface area contributed by atoms with Gasteiger partial charge in [-0.2, -0.15) is 0 Å². The van der Waals surface area contributed by atoms with Crippen molar-refractivity contribution in [2.24, 2.45) is 5.92 Å². The van der Waals surface area contributed by atoms with E-state index < -0.39 is 0 Å². The summed E-state index contributed by atoms with van der Waals surface area (Å²) in [5, 5.41) is 14.3. The lowest BCUT2D eigenvalue weighted by Gasteiger charge is -2.23. The van der Waals surface area contributed by atoms with Crippen molar-refractivity contribution in [3.63, 3.8) is 0 Å². The third kappa shape index (κ3) is 3.37. The van der Waals surface area contributed by atoms with E-state index in [2.05, 4.69) is 5.32 Å². The largest absolute Gasteiger partial charge is 0.504 e. The first-order chi connectivity index (χ1) is 12.6. The topological polar surface area (TPSA) is 61.8 Å². The maximum atomic E-state index is 12.8. The van der Waals surface area contributed by atoms with Gasteiger partial charge in [0.2, 0.25) is 5.91 Å². The van der Waals surface area contributed by atoms with Crippen molar-refractivity contribution in [3.05, 3.63) is 47.0 Å². The summed E-state index contributed by atoms with van der Waals surface area (Å²) in [6, 6.07) is 11.1. The van der Waals surface area contributed by atoms with E-state index in [1.807, 2.05) is 35.2 Å². The van der Waals surface area contributed by atoms with Gasteiger partial charge in [0.1, 0.15) is 6.61 Å². The summed E-state index contributed by atoms with van der Waals surface area (Å²) >= 11 is 6.10. The average molecular weight is 373 g/mol. The first kappa shape index (κ1) is 17.2. The number of phenols is 1. The zero-order valence-electron chi connectivity index (χ0n) is 14.4. The number of benzene rings is 2. The van der Waals surface area contributed by atoms with E-state index in [9.17, 15) is 9.90 Å². The minimum absolute atomic E-state index is 0.0289. The number of fused-ring (bicyclic) bond motifs is 1. The van der Waals surface area contributed by atoms with Gasteiger partial charge in [-0.05, 0) is 48.4 Å². The number of rotatable bonds is 2. The molecule has 26 heavy (non-hydrogen) atoms. The number of nitrogens with zero attached hydrogens (tertiary/aromatic N) is 1.